The van der Waals surface area contributed by atoms with Gasteiger partial charge in [0.2, 0.25) is 0 Å². The van der Waals surface area contributed by atoms with Gasteiger partial charge in [0.15, 0.2) is 0 Å². The first-order valence-electron chi connectivity index (χ1n) is 17.1. The first kappa shape index (κ1) is 40.3. The Hall–Kier alpha value is -2.18. The summed E-state index contributed by atoms with van der Waals surface area (Å²) in [4.78, 5) is 0. The first-order chi connectivity index (χ1) is 21.5. The molecule has 0 bridgehead atoms. The molecular weight excluding hydrogens is 703 g/mol. The number of hydrogen-bond donors (Lipinski definition) is 0. The molecule has 0 heterocycles. The van der Waals surface area contributed by atoms with Crippen molar-refractivity contribution in [3.63, 3.8) is 0 Å². The molecule has 48 heavy (non-hydrogen) atoms. The van der Waals surface area contributed by atoms with Gasteiger partial charge in [-0.1, -0.05) is 104 Å². The summed E-state index contributed by atoms with van der Waals surface area (Å²) in [5.41, 5.74) is 19.2. The zero-order chi connectivity index (χ0) is 33.6. The summed E-state index contributed by atoms with van der Waals surface area (Å²) >= 11 is 1.51. The third-order valence-corrected chi connectivity index (χ3v) is 10.6. The Morgan fingerprint density at radius 1 is 0.833 bits per heavy atom. The standard InChI is InChI=1S/C25H25.C12H19.C8H8.2ClH.Zr/c1-14-12-24(3,4)22-8-16-7-17-9-23-19(15(2)13-25(23,5)6)11-21(17)20(16)10-18(14)22;1-5-6-10-7-8-11(9-10)12(2,3)4;1-2-8-6-4-3-5-7-8;;;/h8-12H,7H2,1-6H3;7-9H,5-6H2,1-4H3;3-7H,1H3;2*1H;/q2*-1;;;;+2/p-2. The molecule has 0 aromatic heterocycles. The van der Waals surface area contributed by atoms with E-state index in [1.165, 1.54) is 113 Å². The number of aryl methyl sites for hydroxylation is 1. The van der Waals surface area contributed by atoms with E-state index >= 15 is 0 Å². The third-order valence-electron chi connectivity index (χ3n) is 9.86. The minimum absolute atomic E-state index is 0. The fourth-order valence-electron chi connectivity index (χ4n) is 7.37. The van der Waals surface area contributed by atoms with Crippen LogP contribution in [0.2, 0.25) is 0 Å². The van der Waals surface area contributed by atoms with Crippen LogP contribution in [0, 0.1) is 6.08 Å². The quantitative estimate of drug-likeness (QED) is 0.202. The number of benzene rings is 3. The predicted octanol–water partition coefficient (Wildman–Crippen LogP) is 5.89. The van der Waals surface area contributed by atoms with Gasteiger partial charge in [-0.2, -0.15) is 28.8 Å². The smallest absolute Gasteiger partial charge is 1.00 e. The van der Waals surface area contributed by atoms with Crippen molar-refractivity contribution in [1.82, 2.24) is 0 Å². The van der Waals surface area contributed by atoms with E-state index in [-0.39, 0.29) is 35.6 Å². The van der Waals surface area contributed by atoms with Crippen molar-refractivity contribution in [2.45, 2.75) is 112 Å². The average Bonchev–Trinajstić information content (AvgIpc) is 3.70. The van der Waals surface area contributed by atoms with Gasteiger partial charge in [-0.3, -0.25) is 6.08 Å². The molecule has 0 aliphatic heterocycles. The van der Waals surface area contributed by atoms with Gasteiger partial charge >= 0.3 is 70.3 Å². The van der Waals surface area contributed by atoms with Crippen LogP contribution in [-0.4, -0.2) is 3.21 Å². The fraction of sp³-hybridized carbons (Fsp3) is 0.378. The molecular formula is C45H52Cl2Zr-2. The van der Waals surface area contributed by atoms with Gasteiger partial charge in [0.05, 0.1) is 0 Å². The summed E-state index contributed by atoms with van der Waals surface area (Å²) < 4.78 is 1.46. The molecule has 0 fully saturated rings. The summed E-state index contributed by atoms with van der Waals surface area (Å²) in [6.07, 6.45) is 9.60. The summed E-state index contributed by atoms with van der Waals surface area (Å²) in [5.74, 6) is 0. The second kappa shape index (κ2) is 15.4. The van der Waals surface area contributed by atoms with Crippen molar-refractivity contribution in [1.29, 1.82) is 0 Å². The SMILES string of the molecule is CC1=[C-]C(C)(C)c2cc3c(cc21)-c1cc2c(cc1C3)C(C)(C)C=C2C.CCCc1cc(C(C)(C)C)c[cH-]1.C[C](=[Zr+2])c1ccccc1.[Cl-].[Cl-]. The van der Waals surface area contributed by atoms with E-state index in [0.717, 1.165) is 6.42 Å². The van der Waals surface area contributed by atoms with Crippen molar-refractivity contribution in [3.8, 4) is 11.1 Å². The van der Waals surface area contributed by atoms with E-state index in [4.69, 9.17) is 0 Å². The normalized spacial score (nSPS) is 15.4. The van der Waals surface area contributed by atoms with Gasteiger partial charge in [0, 0.05) is 5.41 Å². The predicted molar refractivity (Wildman–Crippen MR) is 198 cm³/mol. The maximum Gasteiger partial charge on any atom is -1.00 e. The molecule has 0 saturated carbocycles. The Morgan fingerprint density at radius 2 is 1.42 bits per heavy atom. The minimum atomic E-state index is 0. The molecule has 4 aromatic rings. The molecule has 3 aliphatic rings. The second-order valence-corrected chi connectivity index (χ2v) is 17.6. The number of rotatable bonds is 3. The number of hydrogen-bond acceptors (Lipinski definition) is 0. The number of allylic oxidation sites excluding steroid dienone is 4. The minimum Gasteiger partial charge on any atom is -1.00 e. The molecule has 7 rings (SSSR count). The topological polar surface area (TPSA) is 0 Å². The summed E-state index contributed by atoms with van der Waals surface area (Å²) in [7, 11) is 0. The molecule has 0 radical (unpaired) electrons. The molecule has 0 saturated heterocycles. The summed E-state index contributed by atoms with van der Waals surface area (Å²) in [6.45, 7) is 24.8. The van der Waals surface area contributed by atoms with Crippen LogP contribution in [0.15, 0.2) is 78.9 Å². The van der Waals surface area contributed by atoms with Crippen molar-refractivity contribution in [2.75, 3.05) is 0 Å². The Kier molecular flexibility index (Phi) is 12.9. The average molecular weight is 755 g/mol. The molecule has 0 atom stereocenters. The van der Waals surface area contributed by atoms with Gasteiger partial charge in [-0.15, -0.1) is 11.6 Å². The maximum atomic E-state index is 3.65. The van der Waals surface area contributed by atoms with Crippen molar-refractivity contribution < 1.29 is 49.0 Å². The van der Waals surface area contributed by atoms with E-state index in [1.54, 1.807) is 0 Å². The van der Waals surface area contributed by atoms with Gasteiger partial charge < -0.3 is 24.8 Å². The van der Waals surface area contributed by atoms with Crippen LogP contribution in [0.1, 0.15) is 133 Å². The van der Waals surface area contributed by atoms with E-state index in [1.807, 2.05) is 6.07 Å². The monoisotopic (exact) mass is 752 g/mol. The fourth-order valence-corrected chi connectivity index (χ4v) is 7.78. The number of halogens is 2. The van der Waals surface area contributed by atoms with Crippen LogP contribution in [0.25, 0.3) is 22.3 Å². The number of fused-ring (bicyclic) bond motifs is 5. The Balaban J connectivity index is 0.000000228. The molecule has 0 spiro atoms. The van der Waals surface area contributed by atoms with Crippen LogP contribution >= 0.6 is 0 Å². The van der Waals surface area contributed by atoms with E-state index in [9.17, 15) is 0 Å². The van der Waals surface area contributed by atoms with Gasteiger partial charge in [0.1, 0.15) is 0 Å². The zero-order valence-electron chi connectivity index (χ0n) is 30.9. The Labute approximate surface area is 319 Å². The summed E-state index contributed by atoms with van der Waals surface area (Å²) in [6, 6.07) is 27.1. The van der Waals surface area contributed by atoms with Gasteiger partial charge in [0.25, 0.3) is 0 Å². The third kappa shape index (κ3) is 8.40. The summed E-state index contributed by atoms with van der Waals surface area (Å²) in [5, 5.41) is 0. The van der Waals surface area contributed by atoms with Crippen LogP contribution in [-0.2, 0) is 53.3 Å². The molecule has 0 N–H and O–H groups in total. The van der Waals surface area contributed by atoms with Crippen LogP contribution < -0.4 is 24.8 Å². The molecule has 0 nitrogen and oxygen atoms in total. The maximum absolute atomic E-state index is 3.65. The Bertz CT molecular complexity index is 1750. The molecule has 0 unspecified atom stereocenters. The van der Waals surface area contributed by atoms with Crippen molar-refractivity contribution in [2.24, 2.45) is 0 Å². The van der Waals surface area contributed by atoms with Crippen molar-refractivity contribution >= 4 is 14.4 Å². The molecule has 0 amide bonds. The molecule has 3 aliphatic carbocycles. The largest absolute Gasteiger partial charge is 1.00 e. The second-order valence-electron chi connectivity index (χ2n) is 15.7. The molecule has 4 aromatic carbocycles. The Morgan fingerprint density at radius 3 is 1.94 bits per heavy atom. The zero-order valence-corrected chi connectivity index (χ0v) is 34.9. The van der Waals surface area contributed by atoms with E-state index in [2.05, 4.69) is 155 Å². The van der Waals surface area contributed by atoms with Crippen LogP contribution in [0.5, 0.6) is 0 Å². The van der Waals surface area contributed by atoms with Gasteiger partial charge in [-0.05, 0) is 58.4 Å². The molecule has 3 heteroatoms. The van der Waals surface area contributed by atoms with Crippen LogP contribution in [0.3, 0.4) is 0 Å². The van der Waals surface area contributed by atoms with Crippen molar-refractivity contribution in [3.05, 3.63) is 135 Å². The first-order valence-corrected chi connectivity index (χ1v) is 18.3. The van der Waals surface area contributed by atoms with Crippen LogP contribution in [0.4, 0.5) is 0 Å². The van der Waals surface area contributed by atoms with Gasteiger partial charge in [-0.25, -0.2) is 11.6 Å². The van der Waals surface area contributed by atoms with E-state index < -0.39 is 0 Å². The van der Waals surface area contributed by atoms with E-state index in [0.29, 0.717) is 5.41 Å². The molecule has 252 valence electrons.